The maximum atomic E-state index is 13.3. The molecule has 2 atom stereocenters. The highest BCUT2D eigenvalue weighted by atomic mass is 19.1. The van der Waals surface area contributed by atoms with Crippen molar-refractivity contribution in [2.24, 2.45) is 0 Å². The zero-order chi connectivity index (χ0) is 22.7. The number of methoxy groups -OCH3 is 1. The molecule has 0 aliphatic carbocycles. The summed E-state index contributed by atoms with van der Waals surface area (Å²) >= 11 is 0. The molecule has 4 aromatic rings. The van der Waals surface area contributed by atoms with Gasteiger partial charge in [0.1, 0.15) is 23.6 Å². The SMILES string of the molecule is COc1ccc(-c2cc3nc([C@@H](C)NC(=O)[C@@H](C)Oc4cccc(F)c4)nn3cn2)cc1. The fraction of sp³-hybridized carbons (Fsp3) is 0.217. The number of fused-ring (bicyclic) bond motifs is 1. The third kappa shape index (κ3) is 4.66. The Morgan fingerprint density at radius 1 is 1.09 bits per heavy atom. The van der Waals surface area contributed by atoms with Gasteiger partial charge in [0.05, 0.1) is 18.8 Å². The second-order valence-corrected chi connectivity index (χ2v) is 7.22. The van der Waals surface area contributed by atoms with Crippen molar-refractivity contribution in [3.63, 3.8) is 0 Å². The Kier molecular flexibility index (Phi) is 5.98. The van der Waals surface area contributed by atoms with E-state index in [0.717, 1.165) is 17.0 Å². The Balaban J connectivity index is 1.45. The van der Waals surface area contributed by atoms with Crippen molar-refractivity contribution >= 4 is 11.6 Å². The molecule has 9 heteroatoms. The number of carbonyl (C=O) groups is 1. The molecule has 4 rings (SSSR count). The van der Waals surface area contributed by atoms with Crippen molar-refractivity contribution < 1.29 is 18.7 Å². The van der Waals surface area contributed by atoms with Crippen LogP contribution in [0.15, 0.2) is 60.9 Å². The maximum Gasteiger partial charge on any atom is 0.261 e. The first-order valence-corrected chi connectivity index (χ1v) is 10.0. The molecule has 0 saturated heterocycles. The fourth-order valence-electron chi connectivity index (χ4n) is 3.11. The molecular weight excluding hydrogens is 413 g/mol. The normalized spacial score (nSPS) is 12.9. The van der Waals surface area contributed by atoms with E-state index in [2.05, 4.69) is 20.4 Å². The van der Waals surface area contributed by atoms with Gasteiger partial charge in [0.25, 0.3) is 5.91 Å². The minimum Gasteiger partial charge on any atom is -0.497 e. The Labute approximate surface area is 184 Å². The van der Waals surface area contributed by atoms with E-state index in [1.165, 1.54) is 18.2 Å². The van der Waals surface area contributed by atoms with Crippen LogP contribution in [0.25, 0.3) is 16.9 Å². The fourth-order valence-corrected chi connectivity index (χ4v) is 3.11. The van der Waals surface area contributed by atoms with Gasteiger partial charge >= 0.3 is 0 Å². The molecule has 0 radical (unpaired) electrons. The van der Waals surface area contributed by atoms with Crippen LogP contribution in [0.4, 0.5) is 4.39 Å². The van der Waals surface area contributed by atoms with Crippen molar-refractivity contribution in [1.29, 1.82) is 0 Å². The molecule has 0 aliphatic rings. The van der Waals surface area contributed by atoms with E-state index in [4.69, 9.17) is 9.47 Å². The van der Waals surface area contributed by atoms with Gasteiger partial charge in [-0.1, -0.05) is 6.07 Å². The van der Waals surface area contributed by atoms with Crippen LogP contribution in [0.2, 0.25) is 0 Å². The number of halogens is 1. The van der Waals surface area contributed by atoms with E-state index in [1.54, 1.807) is 37.9 Å². The summed E-state index contributed by atoms with van der Waals surface area (Å²) in [7, 11) is 1.62. The number of carbonyl (C=O) groups excluding carboxylic acids is 1. The van der Waals surface area contributed by atoms with Crippen LogP contribution in [0.1, 0.15) is 25.7 Å². The Hall–Kier alpha value is -4.01. The van der Waals surface area contributed by atoms with Gasteiger partial charge in [-0.2, -0.15) is 0 Å². The van der Waals surface area contributed by atoms with Gasteiger partial charge in [-0.25, -0.2) is 18.9 Å². The molecule has 0 bridgehead atoms. The molecule has 0 unspecified atom stereocenters. The van der Waals surface area contributed by atoms with Crippen molar-refractivity contribution in [3.05, 3.63) is 72.6 Å². The average molecular weight is 435 g/mol. The molecule has 32 heavy (non-hydrogen) atoms. The summed E-state index contributed by atoms with van der Waals surface area (Å²) in [5, 5.41) is 7.22. The predicted octanol–water partition coefficient (Wildman–Crippen LogP) is 3.58. The van der Waals surface area contributed by atoms with Crippen LogP contribution in [0.3, 0.4) is 0 Å². The van der Waals surface area contributed by atoms with E-state index in [0.29, 0.717) is 11.5 Å². The van der Waals surface area contributed by atoms with E-state index in [9.17, 15) is 9.18 Å². The molecule has 2 aromatic heterocycles. The number of ether oxygens (including phenoxy) is 2. The highest BCUT2D eigenvalue weighted by Gasteiger charge is 2.20. The summed E-state index contributed by atoms with van der Waals surface area (Å²) in [5.74, 6) is 0.686. The van der Waals surface area contributed by atoms with Crippen LogP contribution in [0, 0.1) is 5.82 Å². The maximum absolute atomic E-state index is 13.3. The Bertz CT molecular complexity index is 1240. The number of amides is 1. The largest absolute Gasteiger partial charge is 0.497 e. The molecule has 164 valence electrons. The number of hydrogen-bond donors (Lipinski definition) is 1. The van der Waals surface area contributed by atoms with Crippen molar-refractivity contribution in [3.8, 4) is 22.8 Å². The van der Waals surface area contributed by atoms with Gasteiger partial charge < -0.3 is 14.8 Å². The quantitative estimate of drug-likeness (QED) is 0.477. The zero-order valence-corrected chi connectivity index (χ0v) is 17.8. The van der Waals surface area contributed by atoms with Crippen molar-refractivity contribution in [2.45, 2.75) is 26.0 Å². The minimum atomic E-state index is -0.820. The summed E-state index contributed by atoms with van der Waals surface area (Å²) in [4.78, 5) is 21.5. The highest BCUT2D eigenvalue weighted by Crippen LogP contribution is 2.22. The lowest BCUT2D eigenvalue weighted by Crippen LogP contribution is -2.38. The van der Waals surface area contributed by atoms with E-state index in [1.807, 2.05) is 30.3 Å². The summed E-state index contributed by atoms with van der Waals surface area (Å²) < 4.78 is 25.6. The molecule has 0 saturated carbocycles. The zero-order valence-electron chi connectivity index (χ0n) is 17.8. The third-order valence-corrected chi connectivity index (χ3v) is 4.86. The number of nitrogens with zero attached hydrogens (tertiary/aromatic N) is 4. The van der Waals surface area contributed by atoms with E-state index in [-0.39, 0.29) is 11.7 Å². The lowest BCUT2D eigenvalue weighted by atomic mass is 10.1. The number of aromatic nitrogens is 4. The smallest absolute Gasteiger partial charge is 0.261 e. The van der Waals surface area contributed by atoms with Crippen LogP contribution in [0.5, 0.6) is 11.5 Å². The number of hydrogen-bond acceptors (Lipinski definition) is 6. The van der Waals surface area contributed by atoms with Crippen LogP contribution >= 0.6 is 0 Å². The minimum absolute atomic E-state index is 0.281. The molecule has 2 aromatic carbocycles. The van der Waals surface area contributed by atoms with Crippen LogP contribution < -0.4 is 14.8 Å². The number of rotatable bonds is 7. The van der Waals surface area contributed by atoms with Gasteiger partial charge in [0.2, 0.25) is 0 Å². The summed E-state index contributed by atoms with van der Waals surface area (Å²) in [6.45, 7) is 3.37. The highest BCUT2D eigenvalue weighted by molar-refractivity contribution is 5.81. The standard InChI is InChI=1S/C23H22FN5O3/c1-14(26-23(30)15(2)32-19-6-4-5-17(24)11-19)22-27-21-12-20(25-13-29(21)28-22)16-7-9-18(31-3)10-8-16/h4-15H,1-3H3,(H,26,30)/t14-,15-/m1/s1. The molecule has 1 N–H and O–H groups in total. The molecular formula is C23H22FN5O3. The predicted molar refractivity (Wildman–Crippen MR) is 116 cm³/mol. The molecule has 0 aliphatic heterocycles. The number of benzene rings is 2. The second-order valence-electron chi connectivity index (χ2n) is 7.22. The molecule has 1 amide bonds. The van der Waals surface area contributed by atoms with Gasteiger partial charge in [-0.15, -0.1) is 5.10 Å². The van der Waals surface area contributed by atoms with Gasteiger partial charge in [0, 0.05) is 17.7 Å². The summed E-state index contributed by atoms with van der Waals surface area (Å²) in [6.07, 6.45) is 0.759. The third-order valence-electron chi connectivity index (χ3n) is 4.86. The first-order chi connectivity index (χ1) is 15.4. The van der Waals surface area contributed by atoms with Crippen molar-refractivity contribution in [1.82, 2.24) is 24.9 Å². The van der Waals surface area contributed by atoms with Crippen LogP contribution in [-0.4, -0.2) is 38.7 Å². The van der Waals surface area contributed by atoms with E-state index >= 15 is 0 Å². The first-order valence-electron chi connectivity index (χ1n) is 10.0. The monoisotopic (exact) mass is 435 g/mol. The van der Waals surface area contributed by atoms with Crippen molar-refractivity contribution in [2.75, 3.05) is 7.11 Å². The molecule has 0 spiro atoms. The molecule has 8 nitrogen and oxygen atoms in total. The molecule has 0 fully saturated rings. The summed E-state index contributed by atoms with van der Waals surface area (Å²) in [5.41, 5.74) is 2.27. The first kappa shape index (κ1) is 21.2. The lowest BCUT2D eigenvalue weighted by Gasteiger charge is -2.17. The van der Waals surface area contributed by atoms with E-state index < -0.39 is 18.0 Å². The average Bonchev–Trinajstić information content (AvgIpc) is 3.23. The van der Waals surface area contributed by atoms with Gasteiger partial charge in [-0.3, -0.25) is 4.79 Å². The Morgan fingerprint density at radius 3 is 2.59 bits per heavy atom. The Morgan fingerprint density at radius 2 is 1.88 bits per heavy atom. The van der Waals surface area contributed by atoms with Crippen LogP contribution in [-0.2, 0) is 4.79 Å². The van der Waals surface area contributed by atoms with Gasteiger partial charge in [-0.05, 0) is 50.2 Å². The second kappa shape index (κ2) is 9.01. The summed E-state index contributed by atoms with van der Waals surface area (Å²) in [6, 6.07) is 14.6. The number of nitrogens with one attached hydrogen (secondary N) is 1. The topological polar surface area (TPSA) is 90.6 Å². The lowest BCUT2D eigenvalue weighted by molar-refractivity contribution is -0.128. The van der Waals surface area contributed by atoms with Gasteiger partial charge in [0.15, 0.2) is 17.6 Å². The molecule has 2 heterocycles.